The zero-order valence-electron chi connectivity index (χ0n) is 10.6. The summed E-state index contributed by atoms with van der Waals surface area (Å²) in [4.78, 5) is 4.29. The summed E-state index contributed by atoms with van der Waals surface area (Å²) in [6.45, 7) is 0. The Bertz CT molecular complexity index is 910. The fraction of sp³-hybridized carbons (Fsp3) is 0. The molecule has 0 fully saturated rings. The van der Waals surface area contributed by atoms with Gasteiger partial charge in [0.25, 0.3) is 0 Å². The van der Waals surface area contributed by atoms with Crippen LogP contribution < -0.4 is 0 Å². The standard InChI is InChI=1S/C17H11BrN2/c18-14-7-4-8-15-17(14)13-9-10-19-11-16(13)20(15)12-5-2-1-3-6-12/h1-11H. The quantitative estimate of drug-likeness (QED) is 0.485. The third-order valence-electron chi connectivity index (χ3n) is 3.56. The highest BCUT2D eigenvalue weighted by Gasteiger charge is 2.13. The Morgan fingerprint density at radius 1 is 0.850 bits per heavy atom. The fourth-order valence-electron chi connectivity index (χ4n) is 2.73. The molecule has 3 heteroatoms. The molecule has 0 N–H and O–H groups in total. The molecule has 2 heterocycles. The maximum absolute atomic E-state index is 4.29. The van der Waals surface area contributed by atoms with Crippen LogP contribution in [-0.4, -0.2) is 9.55 Å². The maximum Gasteiger partial charge on any atom is 0.0724 e. The molecule has 2 aromatic heterocycles. The predicted octanol–water partition coefficient (Wildman–Crippen LogP) is 4.94. The first-order valence-electron chi connectivity index (χ1n) is 6.44. The van der Waals surface area contributed by atoms with E-state index in [0.717, 1.165) is 15.7 Å². The zero-order chi connectivity index (χ0) is 13.5. The minimum absolute atomic E-state index is 1.11. The van der Waals surface area contributed by atoms with Gasteiger partial charge in [-0.25, -0.2) is 0 Å². The van der Waals surface area contributed by atoms with Gasteiger partial charge in [-0.05, 0) is 30.3 Å². The first-order chi connectivity index (χ1) is 9.86. The van der Waals surface area contributed by atoms with Crippen molar-refractivity contribution in [3.63, 3.8) is 0 Å². The van der Waals surface area contributed by atoms with Gasteiger partial charge in [-0.15, -0.1) is 0 Å². The van der Waals surface area contributed by atoms with Gasteiger partial charge in [0.05, 0.1) is 17.2 Å². The molecule has 0 aliphatic heterocycles. The van der Waals surface area contributed by atoms with E-state index in [9.17, 15) is 0 Å². The number of pyridine rings is 1. The molecule has 96 valence electrons. The molecular weight excluding hydrogens is 312 g/mol. The molecule has 0 aliphatic carbocycles. The van der Waals surface area contributed by atoms with E-state index in [-0.39, 0.29) is 0 Å². The van der Waals surface area contributed by atoms with Crippen molar-refractivity contribution in [2.24, 2.45) is 0 Å². The molecule has 2 aromatic carbocycles. The van der Waals surface area contributed by atoms with Gasteiger partial charge >= 0.3 is 0 Å². The van der Waals surface area contributed by atoms with Crippen LogP contribution in [0.5, 0.6) is 0 Å². The molecule has 20 heavy (non-hydrogen) atoms. The van der Waals surface area contributed by atoms with E-state index in [4.69, 9.17) is 0 Å². The van der Waals surface area contributed by atoms with Crippen LogP contribution in [0.3, 0.4) is 0 Å². The molecule has 0 aliphatic rings. The highest BCUT2D eigenvalue weighted by molar-refractivity contribution is 9.10. The highest BCUT2D eigenvalue weighted by atomic mass is 79.9. The van der Waals surface area contributed by atoms with Gasteiger partial charge in [-0.3, -0.25) is 4.98 Å². The number of halogens is 1. The second kappa shape index (κ2) is 4.46. The van der Waals surface area contributed by atoms with Gasteiger partial charge in [0.15, 0.2) is 0 Å². The zero-order valence-corrected chi connectivity index (χ0v) is 12.2. The lowest BCUT2D eigenvalue weighted by Gasteiger charge is -2.06. The number of hydrogen-bond donors (Lipinski definition) is 0. The largest absolute Gasteiger partial charge is 0.308 e. The molecule has 4 aromatic rings. The third-order valence-corrected chi connectivity index (χ3v) is 4.22. The van der Waals surface area contributed by atoms with Crippen molar-refractivity contribution in [2.45, 2.75) is 0 Å². The van der Waals surface area contributed by atoms with Crippen molar-refractivity contribution >= 4 is 37.7 Å². The van der Waals surface area contributed by atoms with Gasteiger partial charge < -0.3 is 4.57 Å². The maximum atomic E-state index is 4.29. The summed E-state index contributed by atoms with van der Waals surface area (Å²) in [5, 5.41) is 2.44. The monoisotopic (exact) mass is 322 g/mol. The van der Waals surface area contributed by atoms with Gasteiger partial charge in [0.2, 0.25) is 0 Å². The lowest BCUT2D eigenvalue weighted by molar-refractivity contribution is 1.17. The summed E-state index contributed by atoms with van der Waals surface area (Å²) < 4.78 is 3.36. The number of nitrogens with zero attached hydrogens (tertiary/aromatic N) is 2. The first-order valence-corrected chi connectivity index (χ1v) is 7.23. The van der Waals surface area contributed by atoms with Crippen LogP contribution in [0.2, 0.25) is 0 Å². The van der Waals surface area contributed by atoms with E-state index < -0.39 is 0 Å². The Hall–Kier alpha value is -2.13. The number of hydrogen-bond acceptors (Lipinski definition) is 1. The Labute approximate surface area is 124 Å². The summed E-state index contributed by atoms with van der Waals surface area (Å²) >= 11 is 3.67. The predicted molar refractivity (Wildman–Crippen MR) is 86.3 cm³/mol. The van der Waals surface area contributed by atoms with Gasteiger partial charge in [-0.2, -0.15) is 0 Å². The molecule has 0 amide bonds. The summed E-state index contributed by atoms with van der Waals surface area (Å²) in [6, 6.07) is 18.7. The molecule has 0 radical (unpaired) electrons. The van der Waals surface area contributed by atoms with Crippen LogP contribution >= 0.6 is 15.9 Å². The summed E-state index contributed by atoms with van der Waals surface area (Å²) in [5.74, 6) is 0. The lowest BCUT2D eigenvalue weighted by atomic mass is 10.2. The second-order valence-corrected chi connectivity index (χ2v) is 5.55. The highest BCUT2D eigenvalue weighted by Crippen LogP contribution is 2.35. The Kier molecular flexibility index (Phi) is 2.60. The van der Waals surface area contributed by atoms with Gasteiger partial charge in [0, 0.05) is 27.1 Å². The molecule has 0 bridgehead atoms. The molecular formula is C17H11BrN2. The number of rotatable bonds is 1. The van der Waals surface area contributed by atoms with Crippen molar-refractivity contribution in [1.82, 2.24) is 9.55 Å². The Balaban J connectivity index is 2.26. The number of benzene rings is 2. The fourth-order valence-corrected chi connectivity index (χ4v) is 3.30. The molecule has 0 atom stereocenters. The summed E-state index contributed by atoms with van der Waals surface area (Å²) in [7, 11) is 0. The van der Waals surface area contributed by atoms with Crippen LogP contribution in [0.15, 0.2) is 71.5 Å². The molecule has 0 unspecified atom stereocenters. The van der Waals surface area contributed by atoms with Crippen molar-refractivity contribution in [3.8, 4) is 5.69 Å². The Morgan fingerprint density at radius 2 is 1.70 bits per heavy atom. The van der Waals surface area contributed by atoms with E-state index in [1.54, 1.807) is 0 Å². The Morgan fingerprint density at radius 3 is 2.55 bits per heavy atom. The number of fused-ring (bicyclic) bond motifs is 3. The van der Waals surface area contributed by atoms with E-state index >= 15 is 0 Å². The van der Waals surface area contributed by atoms with E-state index in [1.807, 2.05) is 18.5 Å². The minimum atomic E-state index is 1.11. The minimum Gasteiger partial charge on any atom is -0.308 e. The lowest BCUT2D eigenvalue weighted by Crippen LogP contribution is -1.93. The summed E-state index contributed by atoms with van der Waals surface area (Å²) in [6.07, 6.45) is 3.77. The summed E-state index contributed by atoms with van der Waals surface area (Å²) in [5.41, 5.74) is 3.47. The normalized spacial score (nSPS) is 11.2. The van der Waals surface area contributed by atoms with Crippen molar-refractivity contribution in [1.29, 1.82) is 0 Å². The van der Waals surface area contributed by atoms with E-state index in [0.29, 0.717) is 0 Å². The molecule has 0 spiro atoms. The van der Waals surface area contributed by atoms with Crippen molar-refractivity contribution in [2.75, 3.05) is 0 Å². The van der Waals surface area contributed by atoms with E-state index in [2.05, 4.69) is 74.0 Å². The molecule has 4 rings (SSSR count). The SMILES string of the molecule is Brc1cccc2c1c1ccncc1n2-c1ccccc1. The average Bonchev–Trinajstić information content (AvgIpc) is 2.84. The van der Waals surface area contributed by atoms with Crippen molar-refractivity contribution < 1.29 is 0 Å². The van der Waals surface area contributed by atoms with E-state index in [1.165, 1.54) is 16.3 Å². The van der Waals surface area contributed by atoms with Gasteiger partial charge in [-0.1, -0.05) is 40.2 Å². The third kappa shape index (κ3) is 1.60. The topological polar surface area (TPSA) is 17.8 Å². The van der Waals surface area contributed by atoms with Crippen LogP contribution in [-0.2, 0) is 0 Å². The first kappa shape index (κ1) is 11.7. The second-order valence-electron chi connectivity index (χ2n) is 4.70. The van der Waals surface area contributed by atoms with Crippen LogP contribution in [0.4, 0.5) is 0 Å². The smallest absolute Gasteiger partial charge is 0.0724 e. The molecule has 0 saturated heterocycles. The average molecular weight is 323 g/mol. The van der Waals surface area contributed by atoms with Gasteiger partial charge in [0.1, 0.15) is 0 Å². The molecule has 0 saturated carbocycles. The number of aromatic nitrogens is 2. The molecule has 2 nitrogen and oxygen atoms in total. The van der Waals surface area contributed by atoms with Crippen molar-refractivity contribution in [3.05, 3.63) is 71.5 Å². The van der Waals surface area contributed by atoms with Crippen LogP contribution in [0.1, 0.15) is 0 Å². The van der Waals surface area contributed by atoms with Crippen LogP contribution in [0.25, 0.3) is 27.5 Å². The number of para-hydroxylation sites is 1. The van der Waals surface area contributed by atoms with Crippen LogP contribution in [0, 0.1) is 0 Å².